The molecule has 2 amide bonds. The van der Waals surface area contributed by atoms with E-state index in [0.717, 1.165) is 69.8 Å². The number of amides is 2. The van der Waals surface area contributed by atoms with Gasteiger partial charge < -0.3 is 20.3 Å². The van der Waals surface area contributed by atoms with Crippen LogP contribution in [0.2, 0.25) is 0 Å². The van der Waals surface area contributed by atoms with Crippen LogP contribution in [-0.4, -0.2) is 44.2 Å². The fraction of sp³-hybridized carbons (Fsp3) is 0.652. The third kappa shape index (κ3) is 6.20. The van der Waals surface area contributed by atoms with Crippen LogP contribution in [0.15, 0.2) is 18.2 Å². The zero-order valence-corrected chi connectivity index (χ0v) is 17.8. The van der Waals surface area contributed by atoms with E-state index in [4.69, 9.17) is 4.74 Å². The van der Waals surface area contributed by atoms with Crippen molar-refractivity contribution in [2.45, 2.75) is 64.9 Å². The van der Waals surface area contributed by atoms with Crippen LogP contribution in [0, 0.1) is 5.92 Å². The molecule has 0 aliphatic carbocycles. The summed E-state index contributed by atoms with van der Waals surface area (Å²) >= 11 is 0. The predicted octanol–water partition coefficient (Wildman–Crippen LogP) is 3.96. The number of carbonyl (C=O) groups excluding carboxylic acids is 2. The Balaban J connectivity index is 1.74. The number of nitrogens with one attached hydrogen (secondary N) is 2. The first-order chi connectivity index (χ1) is 14.1. The highest BCUT2D eigenvalue weighted by Gasteiger charge is 2.23. The van der Waals surface area contributed by atoms with E-state index in [-0.39, 0.29) is 17.9 Å². The zero-order chi connectivity index (χ0) is 20.6. The zero-order valence-electron chi connectivity index (χ0n) is 17.8. The Morgan fingerprint density at radius 3 is 2.69 bits per heavy atom. The van der Waals surface area contributed by atoms with Crippen LogP contribution in [0.4, 0.5) is 11.4 Å². The number of benzene rings is 1. The van der Waals surface area contributed by atoms with Crippen molar-refractivity contribution in [3.8, 4) is 0 Å². The highest BCUT2D eigenvalue weighted by molar-refractivity contribution is 6.02. The van der Waals surface area contributed by atoms with E-state index in [1.165, 1.54) is 0 Å². The van der Waals surface area contributed by atoms with Crippen LogP contribution in [0.25, 0.3) is 0 Å². The van der Waals surface area contributed by atoms with Crippen LogP contribution in [0.5, 0.6) is 0 Å². The Morgan fingerprint density at radius 1 is 1.21 bits per heavy atom. The first kappa shape index (κ1) is 21.6. The number of hydrogen-bond acceptors (Lipinski definition) is 4. The fourth-order valence-electron chi connectivity index (χ4n) is 3.99. The van der Waals surface area contributed by atoms with Gasteiger partial charge in [-0.15, -0.1) is 0 Å². The van der Waals surface area contributed by atoms with E-state index in [0.29, 0.717) is 24.2 Å². The second-order valence-electron chi connectivity index (χ2n) is 8.40. The Kier molecular flexibility index (Phi) is 7.92. The summed E-state index contributed by atoms with van der Waals surface area (Å²) in [5.41, 5.74) is 2.27. The number of rotatable bonds is 8. The molecule has 0 spiro atoms. The summed E-state index contributed by atoms with van der Waals surface area (Å²) in [5, 5.41) is 5.98. The normalized spacial score (nSPS) is 19.9. The van der Waals surface area contributed by atoms with Gasteiger partial charge in [0.05, 0.1) is 11.7 Å². The first-order valence-electron chi connectivity index (χ1n) is 11.2. The van der Waals surface area contributed by atoms with Gasteiger partial charge in [-0.2, -0.15) is 0 Å². The predicted molar refractivity (Wildman–Crippen MR) is 117 cm³/mol. The maximum atomic E-state index is 13.0. The van der Waals surface area contributed by atoms with Gasteiger partial charge in [0.15, 0.2) is 0 Å². The molecule has 29 heavy (non-hydrogen) atoms. The van der Waals surface area contributed by atoms with E-state index in [9.17, 15) is 9.59 Å². The van der Waals surface area contributed by atoms with Crippen LogP contribution in [0.1, 0.15) is 69.2 Å². The number of hydrogen-bond donors (Lipinski definition) is 2. The molecule has 2 aliphatic rings. The molecule has 2 N–H and O–H groups in total. The fourth-order valence-corrected chi connectivity index (χ4v) is 3.99. The second-order valence-corrected chi connectivity index (χ2v) is 8.40. The summed E-state index contributed by atoms with van der Waals surface area (Å²) < 4.78 is 5.63. The largest absolute Gasteiger partial charge is 0.376 e. The number of nitrogens with zero attached hydrogens (tertiary/aromatic N) is 1. The first-order valence-corrected chi connectivity index (χ1v) is 11.2. The molecule has 0 bridgehead atoms. The van der Waals surface area contributed by atoms with Gasteiger partial charge in [0, 0.05) is 44.0 Å². The summed E-state index contributed by atoms with van der Waals surface area (Å²) in [6, 6.07) is 5.71. The molecule has 2 aliphatic heterocycles. The van der Waals surface area contributed by atoms with E-state index in [1.54, 1.807) is 0 Å². The molecule has 2 heterocycles. The lowest BCUT2D eigenvalue weighted by atomic mass is 9.97. The summed E-state index contributed by atoms with van der Waals surface area (Å²) in [7, 11) is 0. The summed E-state index contributed by atoms with van der Waals surface area (Å²) in [4.78, 5) is 27.5. The standard InChI is InChI=1S/C23H35N3O3/c1-3-4-7-22(27)25-18-8-9-21(26-12-10-17(2)11-13-26)20(15-18)23(28)24-16-19-6-5-14-29-19/h8-9,15,17,19H,3-7,10-14,16H2,1-2H3,(H,24,28)(H,25,27). The van der Waals surface area contributed by atoms with Crippen molar-refractivity contribution in [1.29, 1.82) is 0 Å². The van der Waals surface area contributed by atoms with Crippen molar-refractivity contribution in [1.82, 2.24) is 5.32 Å². The molecule has 3 rings (SSSR count). The third-order valence-electron chi connectivity index (χ3n) is 5.92. The molecular formula is C23H35N3O3. The molecule has 0 saturated carbocycles. The molecule has 1 aromatic rings. The summed E-state index contributed by atoms with van der Waals surface area (Å²) in [6.07, 6.45) is 6.76. The van der Waals surface area contributed by atoms with Crippen LogP contribution >= 0.6 is 0 Å². The van der Waals surface area contributed by atoms with E-state index in [2.05, 4.69) is 29.4 Å². The number of ether oxygens (including phenoxy) is 1. The molecule has 1 aromatic carbocycles. The lowest BCUT2D eigenvalue weighted by molar-refractivity contribution is -0.116. The monoisotopic (exact) mass is 401 g/mol. The van der Waals surface area contributed by atoms with Gasteiger partial charge in [0.1, 0.15) is 0 Å². The molecule has 0 radical (unpaired) electrons. The topological polar surface area (TPSA) is 70.7 Å². The van der Waals surface area contributed by atoms with Gasteiger partial charge in [-0.05, 0) is 56.2 Å². The smallest absolute Gasteiger partial charge is 0.253 e. The average molecular weight is 402 g/mol. The van der Waals surface area contributed by atoms with Crippen molar-refractivity contribution >= 4 is 23.2 Å². The quantitative estimate of drug-likeness (QED) is 0.692. The maximum Gasteiger partial charge on any atom is 0.253 e. The average Bonchev–Trinajstić information content (AvgIpc) is 3.25. The van der Waals surface area contributed by atoms with Gasteiger partial charge in [-0.25, -0.2) is 0 Å². The molecular weight excluding hydrogens is 366 g/mol. The van der Waals surface area contributed by atoms with Crippen LogP contribution < -0.4 is 15.5 Å². The molecule has 6 nitrogen and oxygen atoms in total. The summed E-state index contributed by atoms with van der Waals surface area (Å²) in [6.45, 7) is 7.56. The molecule has 160 valence electrons. The second kappa shape index (κ2) is 10.6. The van der Waals surface area contributed by atoms with E-state index in [1.807, 2.05) is 18.2 Å². The SMILES string of the molecule is CCCCC(=O)Nc1ccc(N2CCC(C)CC2)c(C(=O)NCC2CCCO2)c1. The van der Waals surface area contributed by atoms with Gasteiger partial charge in [0.2, 0.25) is 5.91 Å². The number of piperidine rings is 1. The molecule has 2 fully saturated rings. The van der Waals surface area contributed by atoms with Crippen molar-refractivity contribution < 1.29 is 14.3 Å². The van der Waals surface area contributed by atoms with E-state index < -0.39 is 0 Å². The molecule has 1 unspecified atom stereocenters. The maximum absolute atomic E-state index is 13.0. The van der Waals surface area contributed by atoms with Gasteiger partial charge in [0.25, 0.3) is 5.91 Å². The van der Waals surface area contributed by atoms with Crippen molar-refractivity contribution in [3.05, 3.63) is 23.8 Å². The highest BCUT2D eigenvalue weighted by atomic mass is 16.5. The Bertz CT molecular complexity index is 693. The highest BCUT2D eigenvalue weighted by Crippen LogP contribution is 2.29. The van der Waals surface area contributed by atoms with Crippen molar-refractivity contribution in [2.75, 3.05) is 36.5 Å². The minimum atomic E-state index is -0.0984. The molecule has 0 aromatic heterocycles. The Morgan fingerprint density at radius 2 is 2.00 bits per heavy atom. The molecule has 1 atom stereocenters. The number of carbonyl (C=O) groups is 2. The molecule has 6 heteroatoms. The Labute approximate surface area is 174 Å². The number of unbranched alkanes of at least 4 members (excludes halogenated alkanes) is 1. The lowest BCUT2D eigenvalue weighted by Gasteiger charge is -2.33. The summed E-state index contributed by atoms with van der Waals surface area (Å²) in [5.74, 6) is 0.621. The van der Waals surface area contributed by atoms with Crippen LogP contribution in [-0.2, 0) is 9.53 Å². The Hall–Kier alpha value is -2.08. The minimum absolute atomic E-state index is 0.00267. The molecule has 2 saturated heterocycles. The van der Waals surface area contributed by atoms with Gasteiger partial charge in [-0.3, -0.25) is 9.59 Å². The van der Waals surface area contributed by atoms with Crippen molar-refractivity contribution in [2.24, 2.45) is 5.92 Å². The van der Waals surface area contributed by atoms with E-state index >= 15 is 0 Å². The number of anilines is 2. The van der Waals surface area contributed by atoms with Gasteiger partial charge in [-0.1, -0.05) is 20.3 Å². The van der Waals surface area contributed by atoms with Gasteiger partial charge >= 0.3 is 0 Å². The minimum Gasteiger partial charge on any atom is -0.376 e. The third-order valence-corrected chi connectivity index (χ3v) is 5.92. The van der Waals surface area contributed by atoms with Crippen LogP contribution in [0.3, 0.4) is 0 Å². The lowest BCUT2D eigenvalue weighted by Crippen LogP contribution is -2.36. The van der Waals surface area contributed by atoms with Crippen molar-refractivity contribution in [3.63, 3.8) is 0 Å².